The summed E-state index contributed by atoms with van der Waals surface area (Å²) in [6.07, 6.45) is 2.09. The molecule has 2 fully saturated rings. The summed E-state index contributed by atoms with van der Waals surface area (Å²) in [6, 6.07) is 12.4. The molecule has 6 heteroatoms. The van der Waals surface area contributed by atoms with Crippen LogP contribution in [0, 0.1) is 17.7 Å². The zero-order valence-electron chi connectivity index (χ0n) is 15.2. The van der Waals surface area contributed by atoms with Gasteiger partial charge in [0, 0.05) is 19.1 Å². The highest BCUT2D eigenvalue weighted by Gasteiger charge is 2.42. The van der Waals surface area contributed by atoms with E-state index < -0.39 is 5.82 Å². The van der Waals surface area contributed by atoms with E-state index in [4.69, 9.17) is 10.5 Å². The van der Waals surface area contributed by atoms with Crippen molar-refractivity contribution in [3.05, 3.63) is 53.8 Å². The van der Waals surface area contributed by atoms with Crippen LogP contribution in [0.4, 0.5) is 4.39 Å². The maximum absolute atomic E-state index is 14.7. The van der Waals surface area contributed by atoms with Crippen LogP contribution < -0.4 is 10.5 Å². The molecule has 1 aliphatic heterocycles. The highest BCUT2D eigenvalue weighted by molar-refractivity contribution is 5.95. The van der Waals surface area contributed by atoms with Gasteiger partial charge in [0.05, 0.1) is 12.7 Å². The lowest BCUT2D eigenvalue weighted by atomic mass is 9.98. The fourth-order valence-corrected chi connectivity index (χ4v) is 4.30. The standard InChI is InChI=1S/C21H23FN2O2.ClH/c1-26-16-6-2-13(3-7-16)14-4-8-17(19(22)10-14)21(25)24-11-15-5-9-20(23)18(15)12-24;/h2-4,6-8,10,15,18,20H,5,9,11-12,23H2,1H3;1H. The normalized spacial score (nSPS) is 23.7. The number of nitrogens with two attached hydrogens (primary N) is 1. The van der Waals surface area contributed by atoms with Gasteiger partial charge in [-0.1, -0.05) is 18.2 Å². The SMILES string of the molecule is COc1ccc(-c2ccc(C(=O)N3CC4CCC(N)C4C3)c(F)c2)cc1.Cl. The Bertz CT molecular complexity index is 827. The van der Waals surface area contributed by atoms with Crippen LogP contribution >= 0.6 is 12.4 Å². The fraction of sp³-hybridized carbons (Fsp3) is 0.381. The van der Waals surface area contributed by atoms with E-state index in [1.165, 1.54) is 6.07 Å². The number of carbonyl (C=O) groups is 1. The van der Waals surface area contributed by atoms with Crippen molar-refractivity contribution in [3.8, 4) is 16.9 Å². The van der Waals surface area contributed by atoms with E-state index in [1.807, 2.05) is 24.3 Å². The van der Waals surface area contributed by atoms with E-state index in [-0.39, 0.29) is 29.9 Å². The first-order valence-electron chi connectivity index (χ1n) is 9.05. The first-order valence-corrected chi connectivity index (χ1v) is 9.05. The van der Waals surface area contributed by atoms with Crippen LogP contribution in [0.3, 0.4) is 0 Å². The predicted octanol–water partition coefficient (Wildman–Crippen LogP) is 3.73. The molecule has 3 unspecified atom stereocenters. The van der Waals surface area contributed by atoms with E-state index in [0.717, 1.165) is 29.7 Å². The van der Waals surface area contributed by atoms with Gasteiger partial charge in [-0.05, 0) is 60.1 Å². The van der Waals surface area contributed by atoms with Crippen LogP contribution in [-0.2, 0) is 0 Å². The number of rotatable bonds is 3. The first kappa shape index (κ1) is 19.6. The smallest absolute Gasteiger partial charge is 0.256 e. The largest absolute Gasteiger partial charge is 0.497 e. The van der Waals surface area contributed by atoms with Crippen molar-refractivity contribution < 1.29 is 13.9 Å². The van der Waals surface area contributed by atoms with Gasteiger partial charge in [-0.25, -0.2) is 4.39 Å². The van der Waals surface area contributed by atoms with Gasteiger partial charge in [0.2, 0.25) is 0 Å². The Hall–Kier alpha value is -2.11. The summed E-state index contributed by atoms with van der Waals surface area (Å²) in [6.45, 7) is 1.33. The molecule has 0 spiro atoms. The van der Waals surface area contributed by atoms with Crippen LogP contribution in [0.25, 0.3) is 11.1 Å². The highest BCUT2D eigenvalue weighted by Crippen LogP contribution is 2.38. The molecule has 4 nitrogen and oxygen atoms in total. The molecule has 0 aromatic heterocycles. The Kier molecular flexibility index (Phi) is 5.72. The fourth-order valence-electron chi connectivity index (χ4n) is 4.30. The highest BCUT2D eigenvalue weighted by atomic mass is 35.5. The molecule has 1 saturated carbocycles. The van der Waals surface area contributed by atoms with Crippen molar-refractivity contribution in [2.45, 2.75) is 18.9 Å². The summed E-state index contributed by atoms with van der Waals surface area (Å²) < 4.78 is 19.8. The summed E-state index contributed by atoms with van der Waals surface area (Å²) in [5.74, 6) is 0.866. The Balaban J connectivity index is 0.00000210. The zero-order chi connectivity index (χ0) is 18.3. The minimum atomic E-state index is -0.482. The van der Waals surface area contributed by atoms with E-state index in [2.05, 4.69) is 0 Å². The number of methoxy groups -OCH3 is 1. The number of carbonyl (C=O) groups excluding carboxylic acids is 1. The molecule has 2 N–H and O–H groups in total. The number of hydrogen-bond acceptors (Lipinski definition) is 3. The lowest BCUT2D eigenvalue weighted by molar-refractivity contribution is 0.0775. The Labute approximate surface area is 164 Å². The zero-order valence-corrected chi connectivity index (χ0v) is 16.0. The molecule has 3 atom stereocenters. The minimum absolute atomic E-state index is 0. The molecular formula is C21H24ClFN2O2. The Morgan fingerprint density at radius 3 is 2.44 bits per heavy atom. The number of hydrogen-bond donors (Lipinski definition) is 1. The van der Waals surface area contributed by atoms with Crippen LogP contribution in [0.1, 0.15) is 23.2 Å². The summed E-state index contributed by atoms with van der Waals surface area (Å²) in [4.78, 5) is 14.5. The third kappa shape index (κ3) is 3.66. The average molecular weight is 391 g/mol. The quantitative estimate of drug-likeness (QED) is 0.868. The topological polar surface area (TPSA) is 55.6 Å². The molecule has 1 heterocycles. The lowest BCUT2D eigenvalue weighted by Gasteiger charge is -2.19. The molecule has 1 amide bonds. The number of benzene rings is 2. The average Bonchev–Trinajstić information content (AvgIpc) is 3.23. The summed E-state index contributed by atoms with van der Waals surface area (Å²) >= 11 is 0. The van der Waals surface area contributed by atoms with Crippen LogP contribution in [0.5, 0.6) is 5.75 Å². The summed E-state index contributed by atoms with van der Waals surface area (Å²) in [7, 11) is 1.61. The van der Waals surface area contributed by atoms with Gasteiger partial charge in [0.15, 0.2) is 0 Å². The van der Waals surface area contributed by atoms with Crippen molar-refractivity contribution in [3.63, 3.8) is 0 Å². The third-order valence-electron chi connectivity index (χ3n) is 5.82. The number of nitrogens with zero attached hydrogens (tertiary/aromatic N) is 1. The van der Waals surface area contributed by atoms with Crippen LogP contribution in [0.15, 0.2) is 42.5 Å². The van der Waals surface area contributed by atoms with E-state index in [9.17, 15) is 9.18 Å². The molecule has 27 heavy (non-hydrogen) atoms. The van der Waals surface area contributed by atoms with Crippen LogP contribution in [0.2, 0.25) is 0 Å². The van der Waals surface area contributed by atoms with Crippen molar-refractivity contribution >= 4 is 18.3 Å². The lowest BCUT2D eigenvalue weighted by Crippen LogP contribution is -2.33. The molecule has 0 bridgehead atoms. The number of likely N-dealkylation sites (tertiary alicyclic amines) is 1. The van der Waals surface area contributed by atoms with Gasteiger partial charge in [-0.2, -0.15) is 0 Å². The van der Waals surface area contributed by atoms with Crippen molar-refractivity contribution in [1.82, 2.24) is 4.90 Å². The molecule has 1 aliphatic carbocycles. The van der Waals surface area contributed by atoms with Gasteiger partial charge in [-0.15, -0.1) is 12.4 Å². The molecule has 2 aliphatic rings. The molecule has 144 valence electrons. The number of ether oxygens (including phenoxy) is 1. The van der Waals surface area contributed by atoms with Crippen molar-refractivity contribution in [2.24, 2.45) is 17.6 Å². The second kappa shape index (κ2) is 7.87. The molecule has 2 aromatic carbocycles. The van der Waals surface area contributed by atoms with Crippen molar-refractivity contribution in [2.75, 3.05) is 20.2 Å². The molecule has 0 radical (unpaired) electrons. The van der Waals surface area contributed by atoms with Crippen molar-refractivity contribution in [1.29, 1.82) is 0 Å². The molecule has 2 aromatic rings. The van der Waals surface area contributed by atoms with E-state index in [0.29, 0.717) is 24.9 Å². The molecule has 4 rings (SSSR count). The van der Waals surface area contributed by atoms with Gasteiger partial charge in [-0.3, -0.25) is 4.79 Å². The van der Waals surface area contributed by atoms with Gasteiger partial charge < -0.3 is 15.4 Å². The Morgan fingerprint density at radius 1 is 1.11 bits per heavy atom. The minimum Gasteiger partial charge on any atom is -0.497 e. The number of amides is 1. The maximum Gasteiger partial charge on any atom is 0.256 e. The molecular weight excluding hydrogens is 367 g/mol. The number of halogens is 2. The van der Waals surface area contributed by atoms with E-state index in [1.54, 1.807) is 24.1 Å². The predicted molar refractivity (Wildman–Crippen MR) is 106 cm³/mol. The third-order valence-corrected chi connectivity index (χ3v) is 5.82. The second-order valence-electron chi connectivity index (χ2n) is 7.30. The first-order chi connectivity index (χ1) is 12.6. The molecule has 1 saturated heterocycles. The summed E-state index contributed by atoms with van der Waals surface area (Å²) in [5, 5.41) is 0. The van der Waals surface area contributed by atoms with Crippen LogP contribution in [-0.4, -0.2) is 37.0 Å². The van der Waals surface area contributed by atoms with E-state index >= 15 is 0 Å². The van der Waals surface area contributed by atoms with Gasteiger partial charge in [0.1, 0.15) is 11.6 Å². The summed E-state index contributed by atoms with van der Waals surface area (Å²) in [5.41, 5.74) is 7.89. The maximum atomic E-state index is 14.7. The Morgan fingerprint density at radius 2 is 1.81 bits per heavy atom. The van der Waals surface area contributed by atoms with Gasteiger partial charge in [0.25, 0.3) is 5.91 Å². The second-order valence-corrected chi connectivity index (χ2v) is 7.30. The monoisotopic (exact) mass is 390 g/mol. The van der Waals surface area contributed by atoms with Gasteiger partial charge >= 0.3 is 0 Å². The number of fused-ring (bicyclic) bond motifs is 1.